The standard InChI is InChI=1S/C22H38O4/c1-4-5-10-16-22(2,25)17-15-18-13-14-20(23)19(18)11-8-6-7-9-12-21(24)26-3/h9,12,15,17-20,23,25H,4-8,10-11,13-14,16H2,1-3H3/b12-9+,17-15?. The molecule has 0 saturated heterocycles. The number of aliphatic hydroxyl groups is 2. The van der Waals surface area contributed by atoms with Gasteiger partial charge in [0.05, 0.1) is 18.8 Å². The Morgan fingerprint density at radius 3 is 2.69 bits per heavy atom. The third-order valence-electron chi connectivity index (χ3n) is 5.44. The van der Waals surface area contributed by atoms with Crippen LogP contribution in [0.2, 0.25) is 0 Å². The topological polar surface area (TPSA) is 66.8 Å². The third-order valence-corrected chi connectivity index (χ3v) is 5.44. The van der Waals surface area contributed by atoms with Crippen molar-refractivity contribution >= 4 is 5.97 Å². The zero-order valence-electron chi connectivity index (χ0n) is 16.8. The second-order valence-corrected chi connectivity index (χ2v) is 7.86. The summed E-state index contributed by atoms with van der Waals surface area (Å²) in [6, 6.07) is 0. The lowest BCUT2D eigenvalue weighted by Crippen LogP contribution is -2.22. The monoisotopic (exact) mass is 366 g/mol. The van der Waals surface area contributed by atoms with Crippen molar-refractivity contribution < 1.29 is 19.7 Å². The van der Waals surface area contributed by atoms with Crippen LogP contribution >= 0.6 is 0 Å². The lowest BCUT2D eigenvalue weighted by Gasteiger charge is -2.22. The molecule has 4 nitrogen and oxygen atoms in total. The molecule has 0 bridgehead atoms. The summed E-state index contributed by atoms with van der Waals surface area (Å²) >= 11 is 0. The third kappa shape index (κ3) is 9.00. The van der Waals surface area contributed by atoms with Gasteiger partial charge in [-0.1, -0.05) is 50.8 Å². The normalized spacial score (nSPS) is 25.8. The lowest BCUT2D eigenvalue weighted by atomic mass is 9.87. The van der Waals surface area contributed by atoms with Gasteiger partial charge in [-0.3, -0.25) is 0 Å². The number of carbonyl (C=O) groups excluding carboxylic acids is 1. The second-order valence-electron chi connectivity index (χ2n) is 7.86. The molecule has 0 radical (unpaired) electrons. The molecular weight excluding hydrogens is 328 g/mol. The molecule has 150 valence electrons. The zero-order valence-corrected chi connectivity index (χ0v) is 16.8. The van der Waals surface area contributed by atoms with Gasteiger partial charge in [0.15, 0.2) is 0 Å². The first-order chi connectivity index (χ1) is 12.4. The van der Waals surface area contributed by atoms with Crippen LogP contribution in [0.1, 0.15) is 78.1 Å². The van der Waals surface area contributed by atoms with Crippen LogP contribution in [-0.4, -0.2) is 35.0 Å². The van der Waals surface area contributed by atoms with E-state index < -0.39 is 5.60 Å². The molecule has 0 aromatic carbocycles. The number of hydrogen-bond donors (Lipinski definition) is 2. The van der Waals surface area contributed by atoms with Crippen molar-refractivity contribution in [1.82, 2.24) is 0 Å². The van der Waals surface area contributed by atoms with Crippen molar-refractivity contribution in [1.29, 1.82) is 0 Å². The Balaban J connectivity index is 2.40. The summed E-state index contributed by atoms with van der Waals surface area (Å²) < 4.78 is 4.56. The number of hydrogen-bond acceptors (Lipinski definition) is 4. The Morgan fingerprint density at radius 1 is 1.23 bits per heavy atom. The summed E-state index contributed by atoms with van der Waals surface area (Å²) in [4.78, 5) is 11.0. The van der Waals surface area contributed by atoms with Gasteiger partial charge in [-0.25, -0.2) is 4.79 Å². The highest BCUT2D eigenvalue weighted by atomic mass is 16.5. The molecule has 0 heterocycles. The highest BCUT2D eigenvalue weighted by molar-refractivity contribution is 5.81. The van der Waals surface area contributed by atoms with Gasteiger partial charge in [0.2, 0.25) is 0 Å². The van der Waals surface area contributed by atoms with E-state index >= 15 is 0 Å². The van der Waals surface area contributed by atoms with Gasteiger partial charge in [0, 0.05) is 6.08 Å². The molecule has 4 atom stereocenters. The minimum atomic E-state index is -0.744. The molecule has 1 rings (SSSR count). The molecule has 0 aromatic rings. The molecule has 26 heavy (non-hydrogen) atoms. The maximum Gasteiger partial charge on any atom is 0.330 e. The Bertz CT molecular complexity index is 453. The molecule has 4 unspecified atom stereocenters. The van der Waals surface area contributed by atoms with Gasteiger partial charge < -0.3 is 14.9 Å². The smallest absolute Gasteiger partial charge is 0.330 e. The summed E-state index contributed by atoms with van der Waals surface area (Å²) in [6.45, 7) is 4.05. The molecule has 2 N–H and O–H groups in total. The second kappa shape index (κ2) is 12.3. The number of allylic oxidation sites excluding steroid dienone is 2. The number of ether oxygens (including phenoxy) is 1. The number of esters is 1. The highest BCUT2D eigenvalue weighted by Crippen LogP contribution is 2.37. The largest absolute Gasteiger partial charge is 0.466 e. The number of rotatable bonds is 12. The highest BCUT2D eigenvalue weighted by Gasteiger charge is 2.33. The summed E-state index contributed by atoms with van der Waals surface area (Å²) in [5, 5.41) is 20.8. The van der Waals surface area contributed by atoms with Crippen molar-refractivity contribution in [2.45, 2.75) is 89.8 Å². The average Bonchev–Trinajstić information content (AvgIpc) is 2.96. The van der Waals surface area contributed by atoms with Crippen molar-refractivity contribution in [3.8, 4) is 0 Å². The first-order valence-corrected chi connectivity index (χ1v) is 10.2. The van der Waals surface area contributed by atoms with Crippen molar-refractivity contribution in [3.63, 3.8) is 0 Å². The maximum atomic E-state index is 11.0. The number of unbranched alkanes of at least 4 members (excludes halogenated alkanes) is 4. The molecule has 1 saturated carbocycles. The van der Waals surface area contributed by atoms with Crippen LogP contribution < -0.4 is 0 Å². The van der Waals surface area contributed by atoms with Crippen LogP contribution in [0.15, 0.2) is 24.3 Å². The summed E-state index contributed by atoms with van der Waals surface area (Å²) in [5.41, 5.74) is -0.744. The maximum absolute atomic E-state index is 11.0. The minimum absolute atomic E-state index is 0.236. The average molecular weight is 367 g/mol. The molecule has 0 spiro atoms. The van der Waals surface area contributed by atoms with Crippen LogP contribution in [0.5, 0.6) is 0 Å². The predicted octanol–water partition coefficient (Wildman–Crippen LogP) is 4.55. The Hall–Kier alpha value is -1.13. The van der Waals surface area contributed by atoms with Crippen LogP contribution in [0.4, 0.5) is 0 Å². The van der Waals surface area contributed by atoms with E-state index in [0.717, 1.165) is 64.2 Å². The van der Waals surface area contributed by atoms with Gasteiger partial charge in [-0.15, -0.1) is 0 Å². The van der Waals surface area contributed by atoms with Crippen molar-refractivity contribution in [3.05, 3.63) is 24.3 Å². The Kier molecular flexibility index (Phi) is 10.8. The van der Waals surface area contributed by atoms with Gasteiger partial charge >= 0.3 is 5.97 Å². The molecule has 0 amide bonds. The van der Waals surface area contributed by atoms with Crippen molar-refractivity contribution in [2.24, 2.45) is 11.8 Å². The SMILES string of the molecule is CCCCCC(C)(O)C=CC1CCC(O)C1CCCC/C=C/C(=O)OC. The van der Waals surface area contributed by atoms with Crippen LogP contribution in [0.25, 0.3) is 0 Å². The molecule has 4 heteroatoms. The van der Waals surface area contributed by atoms with Crippen LogP contribution in [0, 0.1) is 11.8 Å². The van der Waals surface area contributed by atoms with Crippen LogP contribution in [-0.2, 0) is 9.53 Å². The van der Waals surface area contributed by atoms with Gasteiger partial charge in [0.1, 0.15) is 0 Å². The minimum Gasteiger partial charge on any atom is -0.466 e. The predicted molar refractivity (Wildman–Crippen MR) is 106 cm³/mol. The summed E-state index contributed by atoms with van der Waals surface area (Å²) in [6.07, 6.45) is 17.0. The number of carbonyl (C=O) groups is 1. The van der Waals surface area contributed by atoms with E-state index in [0.29, 0.717) is 5.92 Å². The summed E-state index contributed by atoms with van der Waals surface area (Å²) in [5.74, 6) is 0.322. The van der Waals surface area contributed by atoms with Gasteiger partial charge in [-0.05, 0) is 57.3 Å². The fourth-order valence-electron chi connectivity index (χ4n) is 3.76. The van der Waals surface area contributed by atoms with Crippen LogP contribution in [0.3, 0.4) is 0 Å². The van der Waals surface area contributed by atoms with E-state index in [2.05, 4.69) is 17.7 Å². The quantitative estimate of drug-likeness (QED) is 0.230. The van der Waals surface area contributed by atoms with E-state index in [1.807, 2.05) is 19.1 Å². The Labute approximate surface area is 159 Å². The molecule has 0 aromatic heterocycles. The summed E-state index contributed by atoms with van der Waals surface area (Å²) in [7, 11) is 1.38. The molecule has 1 aliphatic rings. The molecule has 0 aliphatic heterocycles. The first kappa shape index (κ1) is 22.9. The van der Waals surface area contributed by atoms with E-state index in [-0.39, 0.29) is 18.0 Å². The fourth-order valence-corrected chi connectivity index (χ4v) is 3.76. The number of aliphatic hydroxyl groups excluding tert-OH is 1. The Morgan fingerprint density at radius 2 is 2.00 bits per heavy atom. The molecular formula is C22H38O4. The molecule has 1 aliphatic carbocycles. The van der Waals surface area contributed by atoms with Gasteiger partial charge in [-0.2, -0.15) is 0 Å². The van der Waals surface area contributed by atoms with E-state index in [9.17, 15) is 15.0 Å². The van der Waals surface area contributed by atoms with E-state index in [1.165, 1.54) is 13.2 Å². The van der Waals surface area contributed by atoms with Gasteiger partial charge in [0.25, 0.3) is 0 Å². The zero-order chi connectivity index (χ0) is 19.4. The lowest BCUT2D eigenvalue weighted by molar-refractivity contribution is -0.134. The molecule has 1 fully saturated rings. The van der Waals surface area contributed by atoms with Crippen molar-refractivity contribution in [2.75, 3.05) is 7.11 Å². The number of methoxy groups -OCH3 is 1. The fraction of sp³-hybridized carbons (Fsp3) is 0.773. The van der Waals surface area contributed by atoms with E-state index in [1.54, 1.807) is 0 Å². The first-order valence-electron chi connectivity index (χ1n) is 10.2. The van der Waals surface area contributed by atoms with E-state index in [4.69, 9.17) is 0 Å².